The molecule has 94 valence electrons. The molecule has 0 aromatic heterocycles. The summed E-state index contributed by atoms with van der Waals surface area (Å²) in [5, 5.41) is 8.78. The lowest BCUT2D eigenvalue weighted by molar-refractivity contribution is -0.131. The van der Waals surface area contributed by atoms with E-state index in [2.05, 4.69) is 0 Å². The Labute approximate surface area is 106 Å². The van der Waals surface area contributed by atoms with E-state index in [1.54, 1.807) is 17.0 Å². The molecule has 18 heavy (non-hydrogen) atoms. The number of likely N-dealkylation sites (tertiary alicyclic amines) is 1. The van der Waals surface area contributed by atoms with Crippen molar-refractivity contribution in [2.45, 2.75) is 32.2 Å². The van der Waals surface area contributed by atoms with E-state index in [4.69, 9.17) is 5.26 Å². The molecule has 4 heteroatoms. The van der Waals surface area contributed by atoms with Crippen LogP contribution in [-0.2, 0) is 11.3 Å². The van der Waals surface area contributed by atoms with E-state index < -0.39 is 5.82 Å². The molecule has 3 nitrogen and oxygen atoms in total. The van der Waals surface area contributed by atoms with Crippen LogP contribution < -0.4 is 0 Å². The molecule has 1 fully saturated rings. The van der Waals surface area contributed by atoms with E-state index in [0.717, 1.165) is 19.3 Å². The second kappa shape index (κ2) is 5.63. The molecule has 0 unspecified atom stereocenters. The largest absolute Gasteiger partial charge is 0.338 e. The number of nitriles is 1. The molecule has 0 aliphatic carbocycles. The highest BCUT2D eigenvalue weighted by Gasteiger charge is 2.18. The molecule has 1 aliphatic heterocycles. The smallest absolute Gasteiger partial charge is 0.222 e. The van der Waals surface area contributed by atoms with Crippen molar-refractivity contribution in [1.82, 2.24) is 4.90 Å². The summed E-state index contributed by atoms with van der Waals surface area (Å²) in [6.45, 7) is 0.940. The summed E-state index contributed by atoms with van der Waals surface area (Å²) in [5.74, 6) is -0.425. The maximum atomic E-state index is 13.9. The van der Waals surface area contributed by atoms with E-state index in [-0.39, 0.29) is 18.0 Å². The van der Waals surface area contributed by atoms with Crippen LogP contribution >= 0.6 is 0 Å². The SMILES string of the molecule is N#Cc1cccc(CN2CCCCCC2=O)c1F. The highest BCUT2D eigenvalue weighted by molar-refractivity contribution is 5.76. The predicted octanol–water partition coefficient (Wildman–Crippen LogP) is 2.60. The maximum absolute atomic E-state index is 13.9. The van der Waals surface area contributed by atoms with Crippen molar-refractivity contribution >= 4 is 5.91 Å². The lowest BCUT2D eigenvalue weighted by Crippen LogP contribution is -2.30. The van der Waals surface area contributed by atoms with Gasteiger partial charge in [-0.2, -0.15) is 5.26 Å². The van der Waals surface area contributed by atoms with Gasteiger partial charge in [-0.3, -0.25) is 4.79 Å². The van der Waals surface area contributed by atoms with E-state index in [1.807, 2.05) is 6.07 Å². The molecule has 1 saturated heterocycles. The van der Waals surface area contributed by atoms with E-state index in [9.17, 15) is 9.18 Å². The van der Waals surface area contributed by atoms with Crippen LogP contribution in [0.15, 0.2) is 18.2 Å². The van der Waals surface area contributed by atoms with Gasteiger partial charge in [-0.15, -0.1) is 0 Å². The molecule has 2 rings (SSSR count). The van der Waals surface area contributed by atoms with Crippen molar-refractivity contribution in [2.24, 2.45) is 0 Å². The van der Waals surface area contributed by atoms with Crippen molar-refractivity contribution in [3.8, 4) is 6.07 Å². The molecule has 0 spiro atoms. The van der Waals surface area contributed by atoms with Crippen LogP contribution in [0.25, 0.3) is 0 Å². The van der Waals surface area contributed by atoms with Gasteiger partial charge < -0.3 is 4.90 Å². The van der Waals surface area contributed by atoms with Gasteiger partial charge in [0.2, 0.25) is 5.91 Å². The van der Waals surface area contributed by atoms with Gasteiger partial charge in [0.15, 0.2) is 0 Å². The van der Waals surface area contributed by atoms with Gasteiger partial charge in [0.05, 0.1) is 5.56 Å². The maximum Gasteiger partial charge on any atom is 0.222 e. The van der Waals surface area contributed by atoms with Crippen LogP contribution in [-0.4, -0.2) is 17.4 Å². The predicted molar refractivity (Wildman–Crippen MR) is 65.0 cm³/mol. The zero-order valence-corrected chi connectivity index (χ0v) is 10.2. The Morgan fingerprint density at radius 2 is 2.17 bits per heavy atom. The summed E-state index contributed by atoms with van der Waals surface area (Å²) in [4.78, 5) is 13.5. The van der Waals surface area contributed by atoms with Gasteiger partial charge in [-0.25, -0.2) is 4.39 Å². The number of carbonyl (C=O) groups excluding carboxylic acids is 1. The Hall–Kier alpha value is -1.89. The number of benzene rings is 1. The third-order valence-corrected chi connectivity index (χ3v) is 3.23. The molecule has 1 aromatic rings. The average Bonchev–Trinajstić information content (AvgIpc) is 2.57. The van der Waals surface area contributed by atoms with Gasteiger partial charge in [0, 0.05) is 25.1 Å². The number of carbonyl (C=O) groups is 1. The van der Waals surface area contributed by atoms with Crippen LogP contribution in [0.5, 0.6) is 0 Å². The highest BCUT2D eigenvalue weighted by atomic mass is 19.1. The van der Waals surface area contributed by atoms with Gasteiger partial charge in [-0.1, -0.05) is 18.6 Å². The van der Waals surface area contributed by atoms with Crippen molar-refractivity contribution < 1.29 is 9.18 Å². The lowest BCUT2D eigenvalue weighted by Gasteiger charge is -2.20. The first-order valence-corrected chi connectivity index (χ1v) is 6.17. The molecule has 0 bridgehead atoms. The van der Waals surface area contributed by atoms with Crippen LogP contribution in [0.1, 0.15) is 36.8 Å². The summed E-state index contributed by atoms with van der Waals surface area (Å²) in [7, 11) is 0. The number of hydrogen-bond acceptors (Lipinski definition) is 2. The lowest BCUT2D eigenvalue weighted by atomic mass is 10.1. The zero-order chi connectivity index (χ0) is 13.0. The van der Waals surface area contributed by atoms with Crippen LogP contribution in [0.4, 0.5) is 4.39 Å². The Kier molecular flexibility index (Phi) is 3.93. The minimum Gasteiger partial charge on any atom is -0.338 e. The molecular weight excluding hydrogens is 231 g/mol. The summed E-state index contributed by atoms with van der Waals surface area (Å²) < 4.78 is 13.9. The summed E-state index contributed by atoms with van der Waals surface area (Å²) in [6, 6.07) is 6.55. The quantitative estimate of drug-likeness (QED) is 0.805. The van der Waals surface area contributed by atoms with E-state index in [0.29, 0.717) is 18.5 Å². The molecule has 1 aromatic carbocycles. The van der Waals surface area contributed by atoms with Crippen LogP contribution in [0.3, 0.4) is 0 Å². The Morgan fingerprint density at radius 1 is 1.33 bits per heavy atom. The molecule has 1 heterocycles. The third-order valence-electron chi connectivity index (χ3n) is 3.23. The molecular formula is C14H15FN2O. The van der Waals surface area contributed by atoms with Gasteiger partial charge in [-0.05, 0) is 18.9 Å². The molecule has 0 N–H and O–H groups in total. The Balaban J connectivity index is 2.18. The Bertz CT molecular complexity index is 493. The van der Waals surface area contributed by atoms with Gasteiger partial charge in [0.25, 0.3) is 0 Å². The van der Waals surface area contributed by atoms with E-state index >= 15 is 0 Å². The number of rotatable bonds is 2. The number of halogens is 1. The van der Waals surface area contributed by atoms with Gasteiger partial charge >= 0.3 is 0 Å². The molecule has 0 radical (unpaired) electrons. The second-order valence-electron chi connectivity index (χ2n) is 4.52. The van der Waals surface area contributed by atoms with Crippen molar-refractivity contribution in [2.75, 3.05) is 6.54 Å². The molecule has 0 atom stereocenters. The summed E-state index contributed by atoms with van der Waals surface area (Å²) in [6.07, 6.45) is 3.46. The van der Waals surface area contributed by atoms with E-state index in [1.165, 1.54) is 6.07 Å². The van der Waals surface area contributed by atoms with Crippen molar-refractivity contribution in [3.05, 3.63) is 35.1 Å². The minimum absolute atomic E-state index is 0.0368. The zero-order valence-electron chi connectivity index (χ0n) is 10.2. The van der Waals surface area contributed by atoms with Crippen molar-refractivity contribution in [1.29, 1.82) is 5.26 Å². The highest BCUT2D eigenvalue weighted by Crippen LogP contribution is 2.18. The monoisotopic (exact) mass is 246 g/mol. The normalized spacial score (nSPS) is 16.2. The first-order chi connectivity index (χ1) is 8.72. The molecule has 1 aliphatic rings. The first-order valence-electron chi connectivity index (χ1n) is 6.17. The summed E-state index contributed by atoms with van der Waals surface area (Å²) in [5.41, 5.74) is 0.457. The van der Waals surface area contributed by atoms with Crippen LogP contribution in [0.2, 0.25) is 0 Å². The number of nitrogens with zero attached hydrogens (tertiary/aromatic N) is 2. The van der Waals surface area contributed by atoms with Crippen molar-refractivity contribution in [3.63, 3.8) is 0 Å². The van der Waals surface area contributed by atoms with Gasteiger partial charge in [0.1, 0.15) is 11.9 Å². The average molecular weight is 246 g/mol. The fourth-order valence-electron chi connectivity index (χ4n) is 2.20. The minimum atomic E-state index is -0.503. The molecule has 0 saturated carbocycles. The first kappa shape index (κ1) is 12.6. The molecule has 1 amide bonds. The number of amides is 1. The standard InChI is InChI=1S/C14H15FN2O/c15-14-11(9-16)5-4-6-12(14)10-17-8-3-1-2-7-13(17)18/h4-6H,1-3,7-8,10H2. The second-order valence-corrected chi connectivity index (χ2v) is 4.52. The number of hydrogen-bond donors (Lipinski definition) is 0. The fourth-order valence-corrected chi connectivity index (χ4v) is 2.20. The Morgan fingerprint density at radius 3 is 2.94 bits per heavy atom. The van der Waals surface area contributed by atoms with Crippen LogP contribution in [0, 0.1) is 17.1 Å². The topological polar surface area (TPSA) is 44.1 Å². The third kappa shape index (κ3) is 2.67. The fraction of sp³-hybridized carbons (Fsp3) is 0.429. The summed E-state index contributed by atoms with van der Waals surface area (Å²) >= 11 is 0.